The molecule has 0 radical (unpaired) electrons. The molecule has 1 atom stereocenters. The van der Waals surface area contributed by atoms with E-state index in [1.165, 1.54) is 128 Å². The van der Waals surface area contributed by atoms with Gasteiger partial charge in [-0.1, -0.05) is 254 Å². The van der Waals surface area contributed by atoms with Gasteiger partial charge < -0.3 is 0 Å². The Morgan fingerprint density at radius 1 is 0.289 bits per heavy atom. The summed E-state index contributed by atoms with van der Waals surface area (Å²) in [5.74, 6) is 0. The fraction of sp³-hybridized carbons (Fsp3) is 0.0533. The highest BCUT2D eigenvalue weighted by molar-refractivity contribution is 6.00. The third-order valence-corrected chi connectivity index (χ3v) is 16.6. The standard InChI is InChI=1S/C41H27N.C34H24/c1-27-14-18-29(19-15-27)31-22-23-40-36(24-31)34-10-4-7-13-39(34)41(40)37-11-5-2-8-32(37)25-35(33-9-3-6-12-38(33)41)30-20-16-28(26-42)17-21-30;1-23-9-8-11-25(21-23)26-19-20-31-27(22-26)18-17-24-10-2-5-14-30(24)34(31)32-15-6-3-12-28(32)29-13-4-7-16-33(29)34/h2-25H,1H3;2-22H,1H3. The SMILES string of the molecule is Cc1ccc(-c2ccc3c(c2)-c2ccccc2C32c3ccccc3C=C(c3ccc(C#N)cc3)c3ccccc32)cc1.Cc1cccc(-c2ccc3c(c2)C=Cc2ccccc2C32c3ccccc3-c3ccccc32)c1. The van der Waals surface area contributed by atoms with E-state index in [1.807, 2.05) is 12.1 Å². The van der Waals surface area contributed by atoms with E-state index < -0.39 is 5.41 Å². The van der Waals surface area contributed by atoms with Crippen molar-refractivity contribution in [2.24, 2.45) is 0 Å². The number of fused-ring (bicyclic) bond motifs is 18. The van der Waals surface area contributed by atoms with Crippen LogP contribution in [0.15, 0.2) is 255 Å². The van der Waals surface area contributed by atoms with E-state index in [4.69, 9.17) is 0 Å². The van der Waals surface area contributed by atoms with Crippen molar-refractivity contribution in [3.63, 3.8) is 0 Å². The Bertz CT molecular complexity index is 4210. The molecule has 4 aliphatic rings. The van der Waals surface area contributed by atoms with Crippen molar-refractivity contribution in [3.05, 3.63) is 344 Å². The van der Waals surface area contributed by atoms with Gasteiger partial charge in [-0.25, -0.2) is 0 Å². The van der Waals surface area contributed by atoms with Crippen LogP contribution in [-0.4, -0.2) is 0 Å². The second-order valence-corrected chi connectivity index (χ2v) is 20.7. The lowest BCUT2D eigenvalue weighted by molar-refractivity contribution is 0.766. The predicted octanol–water partition coefficient (Wildman–Crippen LogP) is 18.3. The van der Waals surface area contributed by atoms with Crippen LogP contribution in [0.4, 0.5) is 0 Å². The van der Waals surface area contributed by atoms with E-state index >= 15 is 0 Å². The highest BCUT2D eigenvalue weighted by atomic mass is 14.5. The normalized spacial score (nSPS) is 15.1. The van der Waals surface area contributed by atoms with Gasteiger partial charge in [0.05, 0.1) is 22.5 Å². The van der Waals surface area contributed by atoms with Crippen LogP contribution < -0.4 is 0 Å². The molecule has 11 aromatic carbocycles. The summed E-state index contributed by atoms with van der Waals surface area (Å²) in [7, 11) is 0. The fourth-order valence-corrected chi connectivity index (χ4v) is 13.3. The van der Waals surface area contributed by atoms with Gasteiger partial charge in [0, 0.05) is 0 Å². The maximum atomic E-state index is 9.44. The van der Waals surface area contributed by atoms with Crippen molar-refractivity contribution in [1.82, 2.24) is 0 Å². The van der Waals surface area contributed by atoms with E-state index in [-0.39, 0.29) is 5.41 Å². The average Bonchev–Trinajstić information content (AvgIpc) is 4.08. The monoisotopic (exact) mass is 965 g/mol. The second kappa shape index (κ2) is 17.8. The molecule has 0 fully saturated rings. The van der Waals surface area contributed by atoms with Crippen molar-refractivity contribution in [1.29, 1.82) is 5.26 Å². The minimum Gasteiger partial charge on any atom is -0.192 e. The first-order chi connectivity index (χ1) is 37.4. The van der Waals surface area contributed by atoms with E-state index in [0.717, 1.165) is 5.56 Å². The minimum atomic E-state index is -0.476. The number of hydrogen-bond acceptors (Lipinski definition) is 1. The third kappa shape index (κ3) is 6.78. The summed E-state index contributed by atoms with van der Waals surface area (Å²) in [4.78, 5) is 0. The zero-order chi connectivity index (χ0) is 51.0. The van der Waals surface area contributed by atoms with Gasteiger partial charge in [-0.2, -0.15) is 5.26 Å². The van der Waals surface area contributed by atoms with Crippen molar-refractivity contribution in [2.75, 3.05) is 0 Å². The summed E-state index contributed by atoms with van der Waals surface area (Å²) in [6.45, 7) is 4.29. The highest BCUT2D eigenvalue weighted by Crippen LogP contribution is 2.61. The van der Waals surface area contributed by atoms with Gasteiger partial charge in [-0.15, -0.1) is 0 Å². The predicted molar refractivity (Wildman–Crippen MR) is 315 cm³/mol. The third-order valence-electron chi connectivity index (χ3n) is 16.6. The Balaban J connectivity index is 0.000000142. The maximum absolute atomic E-state index is 9.44. The number of benzene rings is 11. The summed E-state index contributed by atoms with van der Waals surface area (Å²) in [6, 6.07) is 95.5. The molecule has 356 valence electrons. The number of nitriles is 1. The molecule has 11 aromatic rings. The van der Waals surface area contributed by atoms with Gasteiger partial charge in [-0.05, 0) is 167 Å². The molecule has 0 amide bonds. The molecule has 0 bridgehead atoms. The molecule has 0 saturated carbocycles. The summed E-state index contributed by atoms with van der Waals surface area (Å²) in [5, 5.41) is 9.44. The van der Waals surface area contributed by atoms with Crippen LogP contribution in [0.2, 0.25) is 0 Å². The van der Waals surface area contributed by atoms with Crippen molar-refractivity contribution >= 4 is 23.8 Å². The molecule has 0 aliphatic heterocycles. The molecule has 1 nitrogen and oxygen atoms in total. The molecule has 76 heavy (non-hydrogen) atoms. The number of aryl methyl sites for hydroxylation is 2. The highest BCUT2D eigenvalue weighted by Gasteiger charge is 2.50. The van der Waals surface area contributed by atoms with Crippen LogP contribution in [0.1, 0.15) is 89.0 Å². The Kier molecular flexibility index (Phi) is 10.6. The second-order valence-electron chi connectivity index (χ2n) is 20.7. The Morgan fingerprint density at radius 2 is 0.724 bits per heavy atom. The molecule has 0 saturated heterocycles. The lowest BCUT2D eigenvalue weighted by Crippen LogP contribution is -2.30. The molecular weight excluding hydrogens is 915 g/mol. The number of hydrogen-bond donors (Lipinski definition) is 0. The topological polar surface area (TPSA) is 23.8 Å². The first kappa shape index (κ1) is 45.0. The van der Waals surface area contributed by atoms with Gasteiger partial charge in [0.1, 0.15) is 0 Å². The summed E-state index contributed by atoms with van der Waals surface area (Å²) in [5.41, 5.74) is 30.5. The molecular formula is C75H51N. The van der Waals surface area contributed by atoms with Crippen molar-refractivity contribution < 1.29 is 0 Å². The van der Waals surface area contributed by atoms with Crippen molar-refractivity contribution in [2.45, 2.75) is 24.7 Å². The van der Waals surface area contributed by atoms with Crippen LogP contribution in [0, 0.1) is 25.2 Å². The number of nitrogens with zero attached hydrogens (tertiary/aromatic N) is 1. The largest absolute Gasteiger partial charge is 0.192 e. The van der Waals surface area contributed by atoms with Crippen LogP contribution >= 0.6 is 0 Å². The van der Waals surface area contributed by atoms with E-state index in [0.29, 0.717) is 5.56 Å². The van der Waals surface area contributed by atoms with Crippen molar-refractivity contribution in [3.8, 4) is 50.6 Å². The van der Waals surface area contributed by atoms with Crippen LogP contribution in [-0.2, 0) is 10.8 Å². The zero-order valence-electron chi connectivity index (χ0n) is 42.4. The Labute approximate surface area is 445 Å². The zero-order valence-corrected chi connectivity index (χ0v) is 42.4. The molecule has 2 spiro atoms. The van der Waals surface area contributed by atoms with Gasteiger partial charge in [0.2, 0.25) is 0 Å². The smallest absolute Gasteiger partial charge is 0.0991 e. The Hall–Kier alpha value is -9.61. The van der Waals surface area contributed by atoms with Gasteiger partial charge in [0.25, 0.3) is 0 Å². The van der Waals surface area contributed by atoms with E-state index in [2.05, 4.69) is 281 Å². The summed E-state index contributed by atoms with van der Waals surface area (Å²) >= 11 is 0. The molecule has 1 unspecified atom stereocenters. The van der Waals surface area contributed by atoms with Gasteiger partial charge in [0.15, 0.2) is 0 Å². The molecule has 0 heterocycles. The van der Waals surface area contributed by atoms with Crippen LogP contribution in [0.25, 0.3) is 68.3 Å². The fourth-order valence-electron chi connectivity index (χ4n) is 13.3. The van der Waals surface area contributed by atoms with E-state index in [1.54, 1.807) is 0 Å². The van der Waals surface area contributed by atoms with Gasteiger partial charge >= 0.3 is 0 Å². The molecule has 1 heteroatoms. The molecule has 0 aromatic heterocycles. The first-order valence-corrected chi connectivity index (χ1v) is 26.4. The lowest BCUT2D eigenvalue weighted by atomic mass is 9.65. The van der Waals surface area contributed by atoms with E-state index in [9.17, 15) is 5.26 Å². The first-order valence-electron chi connectivity index (χ1n) is 26.4. The Morgan fingerprint density at radius 3 is 1.36 bits per heavy atom. The van der Waals surface area contributed by atoms with Crippen LogP contribution in [0.3, 0.4) is 0 Å². The summed E-state index contributed by atoms with van der Waals surface area (Å²) in [6.07, 6.45) is 6.95. The average molecular weight is 966 g/mol. The van der Waals surface area contributed by atoms with Gasteiger partial charge in [-0.3, -0.25) is 0 Å². The molecule has 4 aliphatic carbocycles. The summed E-state index contributed by atoms with van der Waals surface area (Å²) < 4.78 is 0. The van der Waals surface area contributed by atoms with Crippen LogP contribution in [0.5, 0.6) is 0 Å². The number of rotatable bonds is 3. The maximum Gasteiger partial charge on any atom is 0.0991 e. The quantitative estimate of drug-likeness (QED) is 0.173. The molecule has 0 N–H and O–H groups in total. The minimum absolute atomic E-state index is 0.340. The molecule has 15 rings (SSSR count). The lowest BCUT2D eigenvalue weighted by Gasteiger charge is -2.35.